The first-order chi connectivity index (χ1) is 8.63. The Balaban J connectivity index is 1.77. The number of carbonyl (C=O) groups excluding carboxylic acids is 1. The standard InChI is InChI=1S/C16H21NO/c1-11-3-5-13(6-4-11)10-17-14-7-12(2)16(17)9-15(18)8-14/h3-6,12,14,16H,7-10H2,1-2H3. The van der Waals surface area contributed by atoms with Crippen LogP contribution in [-0.2, 0) is 11.3 Å². The van der Waals surface area contributed by atoms with Gasteiger partial charge in [-0.1, -0.05) is 36.8 Å². The van der Waals surface area contributed by atoms with E-state index in [9.17, 15) is 4.79 Å². The van der Waals surface area contributed by atoms with Crippen LogP contribution in [-0.4, -0.2) is 22.8 Å². The van der Waals surface area contributed by atoms with Crippen LogP contribution in [0.1, 0.15) is 37.3 Å². The van der Waals surface area contributed by atoms with Gasteiger partial charge in [-0.3, -0.25) is 9.69 Å². The number of hydrogen-bond acceptors (Lipinski definition) is 2. The third kappa shape index (κ3) is 2.10. The maximum Gasteiger partial charge on any atom is 0.136 e. The largest absolute Gasteiger partial charge is 0.300 e. The van der Waals surface area contributed by atoms with E-state index in [4.69, 9.17) is 0 Å². The Bertz CT molecular complexity index is 451. The molecular formula is C16H21NO. The molecule has 0 radical (unpaired) electrons. The highest BCUT2D eigenvalue weighted by molar-refractivity contribution is 5.81. The lowest BCUT2D eigenvalue weighted by atomic mass is 9.97. The van der Waals surface area contributed by atoms with E-state index < -0.39 is 0 Å². The second kappa shape index (κ2) is 4.51. The number of fused-ring (bicyclic) bond motifs is 2. The number of nitrogens with zero attached hydrogens (tertiary/aromatic N) is 1. The Labute approximate surface area is 109 Å². The summed E-state index contributed by atoms with van der Waals surface area (Å²) >= 11 is 0. The van der Waals surface area contributed by atoms with E-state index in [2.05, 4.69) is 43.0 Å². The molecule has 2 aliphatic rings. The van der Waals surface area contributed by atoms with E-state index in [1.54, 1.807) is 0 Å². The Morgan fingerprint density at radius 2 is 1.94 bits per heavy atom. The van der Waals surface area contributed by atoms with E-state index in [0.717, 1.165) is 19.4 Å². The molecule has 3 rings (SSSR count). The van der Waals surface area contributed by atoms with Crippen molar-refractivity contribution in [2.45, 2.75) is 51.7 Å². The molecule has 2 fully saturated rings. The van der Waals surface area contributed by atoms with Crippen molar-refractivity contribution in [2.75, 3.05) is 0 Å². The molecule has 2 nitrogen and oxygen atoms in total. The highest BCUT2D eigenvalue weighted by Crippen LogP contribution is 2.38. The van der Waals surface area contributed by atoms with E-state index >= 15 is 0 Å². The summed E-state index contributed by atoms with van der Waals surface area (Å²) in [6, 6.07) is 9.77. The van der Waals surface area contributed by atoms with Crippen molar-refractivity contribution >= 4 is 5.78 Å². The molecule has 0 aromatic heterocycles. The number of ketones is 1. The van der Waals surface area contributed by atoms with Crippen LogP contribution < -0.4 is 0 Å². The van der Waals surface area contributed by atoms with Gasteiger partial charge in [0, 0.05) is 31.5 Å². The number of Topliss-reactive ketones (excluding diaryl/α,β-unsaturated/α-hetero) is 1. The number of benzene rings is 1. The summed E-state index contributed by atoms with van der Waals surface area (Å²) < 4.78 is 0. The van der Waals surface area contributed by atoms with Gasteiger partial charge in [-0.15, -0.1) is 0 Å². The molecule has 2 saturated heterocycles. The van der Waals surface area contributed by atoms with Gasteiger partial charge < -0.3 is 0 Å². The lowest BCUT2D eigenvalue weighted by Crippen LogP contribution is -2.43. The molecule has 3 unspecified atom stereocenters. The summed E-state index contributed by atoms with van der Waals surface area (Å²) in [6.45, 7) is 5.42. The van der Waals surface area contributed by atoms with Crippen molar-refractivity contribution in [2.24, 2.45) is 5.92 Å². The normalized spacial score (nSPS) is 31.9. The Kier molecular flexibility index (Phi) is 2.98. The van der Waals surface area contributed by atoms with Crippen molar-refractivity contribution in [3.63, 3.8) is 0 Å². The van der Waals surface area contributed by atoms with Crippen molar-refractivity contribution < 1.29 is 4.79 Å². The van der Waals surface area contributed by atoms with E-state index in [-0.39, 0.29) is 0 Å². The minimum atomic E-state index is 0.467. The van der Waals surface area contributed by atoms with Crippen LogP contribution in [0.2, 0.25) is 0 Å². The van der Waals surface area contributed by atoms with Gasteiger partial charge in [0.15, 0.2) is 0 Å². The van der Waals surface area contributed by atoms with E-state index in [1.807, 2.05) is 0 Å². The molecule has 3 atom stereocenters. The summed E-state index contributed by atoms with van der Waals surface area (Å²) in [6.07, 6.45) is 2.73. The highest BCUT2D eigenvalue weighted by atomic mass is 16.1. The Hall–Kier alpha value is -1.15. The van der Waals surface area contributed by atoms with Gasteiger partial charge >= 0.3 is 0 Å². The first-order valence-corrected chi connectivity index (χ1v) is 6.96. The van der Waals surface area contributed by atoms with Crippen LogP contribution in [0, 0.1) is 12.8 Å². The average molecular weight is 243 g/mol. The van der Waals surface area contributed by atoms with Gasteiger partial charge in [0.05, 0.1) is 0 Å². The fourth-order valence-corrected chi connectivity index (χ4v) is 3.57. The molecule has 0 spiro atoms. The number of piperidine rings is 1. The zero-order chi connectivity index (χ0) is 12.7. The predicted molar refractivity (Wildman–Crippen MR) is 72.3 cm³/mol. The van der Waals surface area contributed by atoms with Gasteiger partial charge in [0.25, 0.3) is 0 Å². The second-order valence-electron chi connectivity index (χ2n) is 6.04. The summed E-state index contributed by atoms with van der Waals surface area (Å²) in [4.78, 5) is 14.3. The van der Waals surface area contributed by atoms with Crippen LogP contribution >= 0.6 is 0 Å². The third-order valence-electron chi connectivity index (χ3n) is 4.58. The Morgan fingerprint density at radius 3 is 2.61 bits per heavy atom. The third-order valence-corrected chi connectivity index (χ3v) is 4.58. The summed E-state index contributed by atoms with van der Waals surface area (Å²) in [7, 11) is 0. The SMILES string of the molecule is Cc1ccc(CN2C3CC(=O)CC2C(C)C3)cc1. The first kappa shape index (κ1) is 11.9. The van der Waals surface area contributed by atoms with E-state index in [1.165, 1.54) is 17.5 Å². The lowest BCUT2D eigenvalue weighted by Gasteiger charge is -2.34. The van der Waals surface area contributed by atoms with Gasteiger partial charge in [-0.25, -0.2) is 0 Å². The predicted octanol–water partition coefficient (Wildman–Crippen LogP) is 2.94. The van der Waals surface area contributed by atoms with Gasteiger partial charge in [-0.05, 0) is 24.8 Å². The van der Waals surface area contributed by atoms with Gasteiger partial charge in [0.1, 0.15) is 5.78 Å². The zero-order valence-electron chi connectivity index (χ0n) is 11.2. The van der Waals surface area contributed by atoms with Crippen LogP contribution in [0.4, 0.5) is 0 Å². The molecule has 96 valence electrons. The monoisotopic (exact) mass is 243 g/mol. The maximum atomic E-state index is 11.7. The van der Waals surface area contributed by atoms with Crippen molar-refractivity contribution in [1.82, 2.24) is 4.90 Å². The molecular weight excluding hydrogens is 222 g/mol. The zero-order valence-corrected chi connectivity index (χ0v) is 11.2. The molecule has 18 heavy (non-hydrogen) atoms. The summed E-state index contributed by atoms with van der Waals surface area (Å²) in [5, 5.41) is 0. The molecule has 2 heterocycles. The number of aryl methyl sites for hydroxylation is 1. The first-order valence-electron chi connectivity index (χ1n) is 6.96. The fourth-order valence-electron chi connectivity index (χ4n) is 3.57. The lowest BCUT2D eigenvalue weighted by molar-refractivity contribution is -0.124. The second-order valence-corrected chi connectivity index (χ2v) is 6.04. The van der Waals surface area contributed by atoms with Crippen molar-refractivity contribution in [3.8, 4) is 0 Å². The number of rotatable bonds is 2. The minimum absolute atomic E-state index is 0.467. The molecule has 2 aliphatic heterocycles. The van der Waals surface area contributed by atoms with Gasteiger partial charge in [0.2, 0.25) is 0 Å². The average Bonchev–Trinajstić information content (AvgIpc) is 2.52. The van der Waals surface area contributed by atoms with Crippen LogP contribution in [0.15, 0.2) is 24.3 Å². The van der Waals surface area contributed by atoms with Crippen LogP contribution in [0.3, 0.4) is 0 Å². The molecule has 2 heteroatoms. The molecule has 2 bridgehead atoms. The number of carbonyl (C=O) groups is 1. The van der Waals surface area contributed by atoms with Crippen LogP contribution in [0.5, 0.6) is 0 Å². The molecule has 0 N–H and O–H groups in total. The minimum Gasteiger partial charge on any atom is -0.300 e. The quantitative estimate of drug-likeness (QED) is 0.796. The van der Waals surface area contributed by atoms with Gasteiger partial charge in [-0.2, -0.15) is 0 Å². The topological polar surface area (TPSA) is 20.3 Å². The summed E-state index contributed by atoms with van der Waals surface area (Å²) in [5.41, 5.74) is 2.68. The summed E-state index contributed by atoms with van der Waals surface area (Å²) in [5.74, 6) is 1.14. The number of hydrogen-bond donors (Lipinski definition) is 0. The molecule has 1 aromatic rings. The molecule has 0 aliphatic carbocycles. The molecule has 0 saturated carbocycles. The fraction of sp³-hybridized carbons (Fsp3) is 0.562. The van der Waals surface area contributed by atoms with Crippen LogP contribution in [0.25, 0.3) is 0 Å². The molecule has 0 amide bonds. The Morgan fingerprint density at radius 1 is 1.22 bits per heavy atom. The smallest absolute Gasteiger partial charge is 0.136 e. The van der Waals surface area contributed by atoms with Crippen molar-refractivity contribution in [3.05, 3.63) is 35.4 Å². The highest BCUT2D eigenvalue weighted by Gasteiger charge is 2.44. The molecule has 1 aromatic carbocycles. The van der Waals surface area contributed by atoms with Crippen molar-refractivity contribution in [1.29, 1.82) is 0 Å². The maximum absolute atomic E-state index is 11.7. The van der Waals surface area contributed by atoms with E-state index in [0.29, 0.717) is 23.8 Å².